The molecule has 0 unspecified atom stereocenters. The van der Waals surface area contributed by atoms with Crippen molar-refractivity contribution in [3.8, 4) is 0 Å². The fourth-order valence-electron chi connectivity index (χ4n) is 3.58. The number of fused-ring (bicyclic) bond motifs is 1. The number of nitrogens with one attached hydrogen (secondary N) is 2. The molecule has 0 radical (unpaired) electrons. The average molecular weight is 387 g/mol. The van der Waals surface area contributed by atoms with Crippen molar-refractivity contribution < 1.29 is 8.78 Å². The Balaban J connectivity index is 1.37. The molecule has 0 saturated carbocycles. The van der Waals surface area contributed by atoms with Crippen LogP contribution in [0.3, 0.4) is 0 Å². The van der Waals surface area contributed by atoms with Crippen LogP contribution in [0, 0.1) is 13.8 Å². The summed E-state index contributed by atoms with van der Waals surface area (Å²) in [5, 5.41) is 11.4. The van der Waals surface area contributed by atoms with Crippen molar-refractivity contribution in [2.24, 2.45) is 0 Å². The van der Waals surface area contributed by atoms with Crippen LogP contribution in [0.25, 0.3) is 11.0 Å². The normalized spacial score (nSPS) is 16.6. The minimum atomic E-state index is -2.96. The number of aromatic nitrogens is 5. The smallest absolute Gasteiger partial charge is 0.302 e. The highest BCUT2D eigenvalue weighted by Gasteiger charge is 2.36. The zero-order valence-corrected chi connectivity index (χ0v) is 15.9. The van der Waals surface area contributed by atoms with E-state index in [-0.39, 0.29) is 18.3 Å². The van der Waals surface area contributed by atoms with Crippen LogP contribution in [-0.4, -0.2) is 55.7 Å². The number of nitrogens with zero attached hydrogens (tertiary/aromatic N) is 5. The summed E-state index contributed by atoms with van der Waals surface area (Å²) in [5.41, 5.74) is 2.23. The number of anilines is 1. The number of rotatable bonds is 5. The van der Waals surface area contributed by atoms with Gasteiger partial charge in [0.2, 0.25) is 0 Å². The molecule has 0 spiro atoms. The molecule has 4 rings (SSSR count). The molecule has 0 amide bonds. The van der Waals surface area contributed by atoms with Gasteiger partial charge in [0.1, 0.15) is 17.8 Å². The Kier molecular flexibility index (Phi) is 4.92. The van der Waals surface area contributed by atoms with Gasteiger partial charge in [-0.2, -0.15) is 13.9 Å². The fraction of sp³-hybridized carbons (Fsp3) is 0.474. The Morgan fingerprint density at radius 1 is 1.18 bits per heavy atom. The third-order valence-electron chi connectivity index (χ3n) is 5.17. The second-order valence-corrected chi connectivity index (χ2v) is 7.39. The first kappa shape index (κ1) is 18.7. The van der Waals surface area contributed by atoms with Crippen LogP contribution >= 0.6 is 0 Å². The summed E-state index contributed by atoms with van der Waals surface area (Å²) in [6, 6.07) is 3.26. The number of likely N-dealkylation sites (tertiary alicyclic amines) is 1. The van der Waals surface area contributed by atoms with Crippen LogP contribution in [0.1, 0.15) is 29.8 Å². The van der Waals surface area contributed by atoms with Gasteiger partial charge >= 0.3 is 5.92 Å². The number of aryl methyl sites for hydroxylation is 2. The second-order valence-electron chi connectivity index (χ2n) is 7.39. The van der Waals surface area contributed by atoms with E-state index in [1.807, 2.05) is 13.8 Å². The topological polar surface area (TPSA) is 82.6 Å². The SMILES string of the molecule is Cc1ccc(C(F)(F)CN2CCC(Nc3ncnc4n[nH]c(C)c34)CC2)nc1. The van der Waals surface area contributed by atoms with Crippen LogP contribution in [0.2, 0.25) is 0 Å². The monoisotopic (exact) mass is 387 g/mol. The molecule has 0 bridgehead atoms. The highest BCUT2D eigenvalue weighted by Crippen LogP contribution is 2.29. The van der Waals surface area contributed by atoms with Crippen molar-refractivity contribution in [3.63, 3.8) is 0 Å². The lowest BCUT2D eigenvalue weighted by molar-refractivity contribution is -0.0457. The van der Waals surface area contributed by atoms with Gasteiger partial charge in [-0.3, -0.25) is 15.0 Å². The van der Waals surface area contributed by atoms with Crippen molar-refractivity contribution in [1.82, 2.24) is 30.0 Å². The Hall–Kier alpha value is -2.68. The first-order valence-electron chi connectivity index (χ1n) is 9.38. The van der Waals surface area contributed by atoms with Gasteiger partial charge in [0.25, 0.3) is 0 Å². The first-order valence-corrected chi connectivity index (χ1v) is 9.38. The molecule has 1 fully saturated rings. The lowest BCUT2D eigenvalue weighted by atomic mass is 10.0. The van der Waals surface area contributed by atoms with Gasteiger partial charge in [-0.05, 0) is 38.3 Å². The van der Waals surface area contributed by atoms with Gasteiger partial charge in [-0.25, -0.2) is 9.97 Å². The van der Waals surface area contributed by atoms with Gasteiger partial charge in [-0.1, -0.05) is 6.07 Å². The molecule has 148 valence electrons. The molecule has 0 aliphatic carbocycles. The Morgan fingerprint density at radius 3 is 2.68 bits per heavy atom. The van der Waals surface area contributed by atoms with E-state index in [0.717, 1.165) is 35.3 Å². The van der Waals surface area contributed by atoms with E-state index in [2.05, 4.69) is 30.5 Å². The molecule has 1 aliphatic heterocycles. The quantitative estimate of drug-likeness (QED) is 0.700. The molecule has 1 aliphatic rings. The van der Waals surface area contributed by atoms with Crippen molar-refractivity contribution in [1.29, 1.82) is 0 Å². The van der Waals surface area contributed by atoms with Gasteiger partial charge in [-0.15, -0.1) is 0 Å². The van der Waals surface area contributed by atoms with E-state index in [1.54, 1.807) is 11.0 Å². The van der Waals surface area contributed by atoms with Crippen LogP contribution in [0.15, 0.2) is 24.7 Å². The van der Waals surface area contributed by atoms with Crippen LogP contribution in [-0.2, 0) is 5.92 Å². The van der Waals surface area contributed by atoms with Gasteiger partial charge in [0.05, 0.1) is 11.9 Å². The summed E-state index contributed by atoms with van der Waals surface area (Å²) >= 11 is 0. The highest BCUT2D eigenvalue weighted by atomic mass is 19.3. The van der Waals surface area contributed by atoms with Crippen LogP contribution in [0.4, 0.5) is 14.6 Å². The highest BCUT2D eigenvalue weighted by molar-refractivity contribution is 5.88. The van der Waals surface area contributed by atoms with Crippen molar-refractivity contribution in [2.45, 2.75) is 38.7 Å². The van der Waals surface area contributed by atoms with Crippen molar-refractivity contribution in [2.75, 3.05) is 25.0 Å². The van der Waals surface area contributed by atoms with Crippen LogP contribution < -0.4 is 5.32 Å². The zero-order valence-electron chi connectivity index (χ0n) is 15.9. The lowest BCUT2D eigenvalue weighted by Crippen LogP contribution is -2.44. The second kappa shape index (κ2) is 7.38. The molecule has 0 aromatic carbocycles. The summed E-state index contributed by atoms with van der Waals surface area (Å²) in [4.78, 5) is 14.2. The molecule has 9 heteroatoms. The molecule has 3 aromatic rings. The van der Waals surface area contributed by atoms with E-state index in [4.69, 9.17) is 0 Å². The summed E-state index contributed by atoms with van der Waals surface area (Å²) in [7, 11) is 0. The summed E-state index contributed by atoms with van der Waals surface area (Å²) < 4.78 is 29.1. The van der Waals surface area contributed by atoms with E-state index < -0.39 is 5.92 Å². The number of piperidine rings is 1. The molecule has 3 aromatic heterocycles. The summed E-state index contributed by atoms with van der Waals surface area (Å²) in [6.45, 7) is 4.64. The summed E-state index contributed by atoms with van der Waals surface area (Å²) in [5.74, 6) is -2.22. The van der Waals surface area contributed by atoms with E-state index in [1.165, 1.54) is 18.6 Å². The fourth-order valence-corrected chi connectivity index (χ4v) is 3.58. The number of pyridine rings is 1. The number of aromatic amines is 1. The molecule has 1 saturated heterocycles. The Morgan fingerprint density at radius 2 is 1.96 bits per heavy atom. The minimum absolute atomic E-state index is 0.169. The molecular formula is C19H23F2N7. The standard InChI is InChI=1S/C19H23F2N7/c1-12-3-4-15(22-9-12)19(20,21)10-28-7-5-14(6-8-28)25-17-16-13(2)26-27-18(16)24-11-23-17/h3-4,9,11,14H,5-8,10H2,1-2H3,(H2,23,24,25,26,27). The van der Waals surface area contributed by atoms with E-state index in [9.17, 15) is 8.78 Å². The third kappa shape index (κ3) is 3.80. The van der Waals surface area contributed by atoms with Gasteiger partial charge < -0.3 is 5.32 Å². The van der Waals surface area contributed by atoms with E-state index >= 15 is 0 Å². The summed E-state index contributed by atoms with van der Waals surface area (Å²) in [6.07, 6.45) is 4.49. The molecule has 2 N–H and O–H groups in total. The van der Waals surface area contributed by atoms with Crippen LogP contribution in [0.5, 0.6) is 0 Å². The first-order chi connectivity index (χ1) is 13.4. The van der Waals surface area contributed by atoms with Crippen molar-refractivity contribution >= 4 is 16.9 Å². The average Bonchev–Trinajstić information content (AvgIpc) is 3.06. The molecular weight excluding hydrogens is 364 g/mol. The molecule has 28 heavy (non-hydrogen) atoms. The maximum absolute atomic E-state index is 14.6. The maximum Gasteiger partial charge on any atom is 0.302 e. The minimum Gasteiger partial charge on any atom is -0.367 e. The number of hydrogen-bond acceptors (Lipinski definition) is 6. The Labute approximate surface area is 161 Å². The third-order valence-corrected chi connectivity index (χ3v) is 5.17. The predicted molar refractivity (Wildman–Crippen MR) is 102 cm³/mol. The number of hydrogen-bond donors (Lipinski definition) is 2. The zero-order chi connectivity index (χ0) is 19.7. The largest absolute Gasteiger partial charge is 0.367 e. The number of halogens is 2. The number of alkyl halides is 2. The lowest BCUT2D eigenvalue weighted by Gasteiger charge is -2.34. The number of H-pyrrole nitrogens is 1. The maximum atomic E-state index is 14.6. The van der Waals surface area contributed by atoms with Crippen molar-refractivity contribution in [3.05, 3.63) is 41.6 Å². The predicted octanol–water partition coefficient (Wildman–Crippen LogP) is 3.03. The molecule has 4 heterocycles. The molecule has 7 nitrogen and oxygen atoms in total. The van der Waals surface area contributed by atoms with Gasteiger partial charge in [0.15, 0.2) is 5.65 Å². The van der Waals surface area contributed by atoms with E-state index in [0.29, 0.717) is 18.7 Å². The molecule has 0 atom stereocenters. The Bertz CT molecular complexity index is 947. The van der Waals surface area contributed by atoms with Gasteiger partial charge in [0, 0.05) is 31.0 Å².